The largest absolute Gasteiger partial charge is 0.491 e. The van der Waals surface area contributed by atoms with E-state index in [9.17, 15) is 4.79 Å². The van der Waals surface area contributed by atoms with E-state index in [4.69, 9.17) is 4.74 Å². The summed E-state index contributed by atoms with van der Waals surface area (Å²) in [5.74, 6) is 0.575. The van der Waals surface area contributed by atoms with E-state index in [1.54, 1.807) is 24.3 Å². The minimum absolute atomic E-state index is 0.105. The number of aromatic nitrogens is 1. The summed E-state index contributed by atoms with van der Waals surface area (Å²) >= 11 is 1.43. The van der Waals surface area contributed by atoms with Crippen molar-refractivity contribution in [2.45, 2.75) is 33.8 Å². The summed E-state index contributed by atoms with van der Waals surface area (Å²) in [5, 5.41) is 5.43. The number of anilines is 1. The summed E-state index contributed by atoms with van der Waals surface area (Å²) in [4.78, 5) is 17.0. The molecule has 1 aromatic heterocycles. The van der Waals surface area contributed by atoms with Crippen molar-refractivity contribution in [2.24, 2.45) is 0 Å². The Morgan fingerprint density at radius 3 is 2.54 bits per heavy atom. The van der Waals surface area contributed by atoms with Gasteiger partial charge in [0, 0.05) is 16.5 Å². The third-order valence-electron chi connectivity index (χ3n) is 3.88. The number of benzene rings is 2. The molecule has 4 nitrogen and oxygen atoms in total. The number of carbonyl (C=O) groups excluding carboxylic acids is 1. The zero-order chi connectivity index (χ0) is 18.7. The van der Waals surface area contributed by atoms with Gasteiger partial charge in [0.25, 0.3) is 5.91 Å². The molecule has 0 unspecified atom stereocenters. The summed E-state index contributed by atoms with van der Waals surface area (Å²) in [5.41, 5.74) is 4.90. The van der Waals surface area contributed by atoms with Crippen LogP contribution >= 0.6 is 11.3 Å². The molecule has 0 atom stereocenters. The third kappa shape index (κ3) is 4.29. The van der Waals surface area contributed by atoms with Gasteiger partial charge in [-0.3, -0.25) is 10.1 Å². The van der Waals surface area contributed by atoms with Gasteiger partial charge >= 0.3 is 0 Å². The fourth-order valence-corrected chi connectivity index (χ4v) is 3.30. The molecule has 1 N–H and O–H groups in total. The standard InChI is InChI=1S/C21H22N2O2S/c1-13(2)25-17-9-7-16(8-10-17)20(24)23-21-22-19(12-26-21)18-11-14(3)5-6-15(18)4/h5-13H,1-4H3,(H,22,23,24). The van der Waals surface area contributed by atoms with Gasteiger partial charge in [0.2, 0.25) is 0 Å². The van der Waals surface area contributed by atoms with E-state index in [1.807, 2.05) is 19.2 Å². The number of nitrogens with one attached hydrogen (secondary N) is 1. The molecule has 0 spiro atoms. The smallest absolute Gasteiger partial charge is 0.257 e. The number of amides is 1. The number of hydrogen-bond acceptors (Lipinski definition) is 4. The van der Waals surface area contributed by atoms with E-state index in [1.165, 1.54) is 22.5 Å². The van der Waals surface area contributed by atoms with Gasteiger partial charge < -0.3 is 4.74 Å². The lowest BCUT2D eigenvalue weighted by molar-refractivity contribution is 0.102. The van der Waals surface area contributed by atoms with Crippen LogP contribution in [-0.4, -0.2) is 17.0 Å². The molecule has 0 fully saturated rings. The van der Waals surface area contributed by atoms with Crippen LogP contribution in [-0.2, 0) is 0 Å². The zero-order valence-electron chi connectivity index (χ0n) is 15.4. The molecule has 0 aliphatic carbocycles. The zero-order valence-corrected chi connectivity index (χ0v) is 16.2. The van der Waals surface area contributed by atoms with Crippen LogP contribution in [0.2, 0.25) is 0 Å². The topological polar surface area (TPSA) is 51.2 Å². The van der Waals surface area contributed by atoms with Crippen LogP contribution in [0.1, 0.15) is 35.3 Å². The van der Waals surface area contributed by atoms with Gasteiger partial charge in [0.1, 0.15) is 5.75 Å². The Labute approximate surface area is 157 Å². The van der Waals surface area contributed by atoms with E-state index in [2.05, 4.69) is 42.3 Å². The summed E-state index contributed by atoms with van der Waals surface area (Å²) < 4.78 is 5.60. The van der Waals surface area contributed by atoms with Gasteiger partial charge in [0.15, 0.2) is 5.13 Å². The molecule has 3 aromatic rings. The Morgan fingerprint density at radius 2 is 1.85 bits per heavy atom. The predicted molar refractivity (Wildman–Crippen MR) is 107 cm³/mol. The highest BCUT2D eigenvalue weighted by Crippen LogP contribution is 2.28. The van der Waals surface area contributed by atoms with E-state index in [0.717, 1.165) is 17.0 Å². The molecule has 0 aliphatic heterocycles. The van der Waals surface area contributed by atoms with Gasteiger partial charge in [-0.1, -0.05) is 17.7 Å². The number of ether oxygens (including phenoxy) is 1. The predicted octanol–water partition coefficient (Wildman–Crippen LogP) is 5.47. The van der Waals surface area contributed by atoms with Gasteiger partial charge in [0.05, 0.1) is 11.8 Å². The molecule has 0 saturated carbocycles. The molecular weight excluding hydrogens is 344 g/mol. The fraction of sp³-hybridized carbons (Fsp3) is 0.238. The van der Waals surface area contributed by atoms with Crippen molar-refractivity contribution in [3.05, 3.63) is 64.5 Å². The monoisotopic (exact) mass is 366 g/mol. The lowest BCUT2D eigenvalue weighted by Crippen LogP contribution is -2.12. The Morgan fingerprint density at radius 1 is 1.12 bits per heavy atom. The molecule has 3 rings (SSSR count). The number of nitrogens with zero attached hydrogens (tertiary/aromatic N) is 1. The molecule has 0 aliphatic rings. The second-order valence-electron chi connectivity index (χ2n) is 6.50. The number of thiazole rings is 1. The van der Waals surface area contributed by atoms with Crippen molar-refractivity contribution >= 4 is 22.4 Å². The minimum Gasteiger partial charge on any atom is -0.491 e. The number of aryl methyl sites for hydroxylation is 2. The molecule has 26 heavy (non-hydrogen) atoms. The van der Waals surface area contributed by atoms with Crippen molar-refractivity contribution < 1.29 is 9.53 Å². The number of carbonyl (C=O) groups is 1. The molecule has 5 heteroatoms. The molecule has 2 aromatic carbocycles. The van der Waals surface area contributed by atoms with Crippen LogP contribution in [0.3, 0.4) is 0 Å². The first-order valence-corrected chi connectivity index (χ1v) is 9.41. The highest BCUT2D eigenvalue weighted by atomic mass is 32.1. The Kier molecular flexibility index (Phi) is 5.38. The Balaban J connectivity index is 1.72. The van der Waals surface area contributed by atoms with Gasteiger partial charge in [-0.05, 0) is 63.6 Å². The first-order chi connectivity index (χ1) is 12.4. The maximum atomic E-state index is 12.4. The quantitative estimate of drug-likeness (QED) is 0.652. The average Bonchev–Trinajstić information content (AvgIpc) is 3.05. The summed E-state index contributed by atoms with van der Waals surface area (Å²) in [7, 11) is 0. The van der Waals surface area contributed by atoms with E-state index in [-0.39, 0.29) is 12.0 Å². The van der Waals surface area contributed by atoms with Crippen LogP contribution in [0, 0.1) is 13.8 Å². The number of hydrogen-bond donors (Lipinski definition) is 1. The van der Waals surface area contributed by atoms with Crippen molar-refractivity contribution in [2.75, 3.05) is 5.32 Å². The van der Waals surface area contributed by atoms with Crippen molar-refractivity contribution in [1.29, 1.82) is 0 Å². The Hall–Kier alpha value is -2.66. The van der Waals surface area contributed by atoms with Crippen LogP contribution in [0.25, 0.3) is 11.3 Å². The molecule has 0 radical (unpaired) electrons. The first kappa shape index (κ1) is 18.1. The van der Waals surface area contributed by atoms with Crippen LogP contribution in [0.4, 0.5) is 5.13 Å². The summed E-state index contributed by atoms with van der Waals surface area (Å²) in [6.45, 7) is 8.06. The lowest BCUT2D eigenvalue weighted by atomic mass is 10.0. The normalized spacial score (nSPS) is 10.8. The molecule has 0 saturated heterocycles. The molecular formula is C21H22N2O2S. The van der Waals surface area contributed by atoms with Gasteiger partial charge in [-0.2, -0.15) is 0 Å². The van der Waals surface area contributed by atoms with Crippen molar-refractivity contribution in [1.82, 2.24) is 4.98 Å². The number of rotatable bonds is 5. The van der Waals surface area contributed by atoms with E-state index >= 15 is 0 Å². The highest BCUT2D eigenvalue weighted by molar-refractivity contribution is 7.14. The highest BCUT2D eigenvalue weighted by Gasteiger charge is 2.12. The second kappa shape index (κ2) is 7.70. The summed E-state index contributed by atoms with van der Waals surface area (Å²) in [6, 6.07) is 13.4. The average molecular weight is 366 g/mol. The van der Waals surface area contributed by atoms with E-state index in [0.29, 0.717) is 10.7 Å². The van der Waals surface area contributed by atoms with Crippen molar-refractivity contribution in [3.63, 3.8) is 0 Å². The fourth-order valence-electron chi connectivity index (χ4n) is 2.59. The minimum atomic E-state index is -0.178. The molecule has 1 amide bonds. The third-order valence-corrected chi connectivity index (χ3v) is 4.64. The second-order valence-corrected chi connectivity index (χ2v) is 7.36. The van der Waals surface area contributed by atoms with E-state index < -0.39 is 0 Å². The molecule has 134 valence electrons. The Bertz CT molecular complexity index is 914. The van der Waals surface area contributed by atoms with Gasteiger partial charge in [-0.15, -0.1) is 11.3 Å². The maximum Gasteiger partial charge on any atom is 0.257 e. The van der Waals surface area contributed by atoms with Crippen LogP contribution < -0.4 is 10.1 Å². The molecule has 1 heterocycles. The molecule has 0 bridgehead atoms. The maximum absolute atomic E-state index is 12.4. The van der Waals surface area contributed by atoms with Crippen LogP contribution in [0.15, 0.2) is 47.8 Å². The SMILES string of the molecule is Cc1ccc(C)c(-c2csc(NC(=O)c3ccc(OC(C)C)cc3)n2)c1. The summed E-state index contributed by atoms with van der Waals surface area (Å²) in [6.07, 6.45) is 0.105. The first-order valence-electron chi connectivity index (χ1n) is 8.53. The van der Waals surface area contributed by atoms with Crippen LogP contribution in [0.5, 0.6) is 5.75 Å². The lowest BCUT2D eigenvalue weighted by Gasteiger charge is -2.09. The van der Waals surface area contributed by atoms with Gasteiger partial charge in [-0.25, -0.2) is 4.98 Å². The van der Waals surface area contributed by atoms with Crippen molar-refractivity contribution in [3.8, 4) is 17.0 Å².